The summed E-state index contributed by atoms with van der Waals surface area (Å²) in [7, 11) is 0. The molecule has 16 heavy (non-hydrogen) atoms. The average molecular weight is 227 g/mol. The van der Waals surface area contributed by atoms with E-state index >= 15 is 0 Å². The number of hydrogen-bond donors (Lipinski definition) is 1. The fraction of sp³-hybridized carbons (Fsp3) is 0.917. The summed E-state index contributed by atoms with van der Waals surface area (Å²) in [5, 5.41) is 8.91. The number of piperidine rings is 1. The van der Waals surface area contributed by atoms with Crippen LogP contribution in [0.5, 0.6) is 0 Å². The lowest BCUT2D eigenvalue weighted by atomic mass is 9.94. The molecule has 2 aliphatic heterocycles. The van der Waals surface area contributed by atoms with Crippen molar-refractivity contribution in [1.29, 1.82) is 0 Å². The lowest BCUT2D eigenvalue weighted by Gasteiger charge is -2.34. The van der Waals surface area contributed by atoms with Crippen LogP contribution in [0.15, 0.2) is 0 Å². The van der Waals surface area contributed by atoms with E-state index in [9.17, 15) is 4.79 Å². The Kier molecular flexibility index (Phi) is 4.18. The molecule has 2 fully saturated rings. The number of carboxylic acid groups (broad SMARTS) is 1. The molecule has 0 aromatic heterocycles. The van der Waals surface area contributed by atoms with Gasteiger partial charge >= 0.3 is 5.97 Å². The van der Waals surface area contributed by atoms with Crippen LogP contribution in [0.4, 0.5) is 0 Å². The molecule has 0 spiro atoms. The minimum absolute atomic E-state index is 0.106. The van der Waals surface area contributed by atoms with Crippen LogP contribution in [0.3, 0.4) is 0 Å². The number of carbonyl (C=O) groups is 1. The summed E-state index contributed by atoms with van der Waals surface area (Å²) in [5.74, 6) is 0.0341. The second-order valence-electron chi connectivity index (χ2n) is 4.97. The van der Waals surface area contributed by atoms with Crippen LogP contribution >= 0.6 is 0 Å². The van der Waals surface area contributed by atoms with Crippen molar-refractivity contribution in [2.75, 3.05) is 32.8 Å². The normalized spacial score (nSPS) is 25.8. The fourth-order valence-electron chi connectivity index (χ4n) is 2.66. The Balaban J connectivity index is 1.70. The van der Waals surface area contributed by atoms with E-state index in [-0.39, 0.29) is 5.92 Å². The Morgan fingerprint density at radius 2 is 1.81 bits per heavy atom. The van der Waals surface area contributed by atoms with Crippen molar-refractivity contribution in [2.24, 2.45) is 11.8 Å². The number of hydrogen-bond acceptors (Lipinski definition) is 3. The molecule has 0 unspecified atom stereocenters. The van der Waals surface area contributed by atoms with E-state index in [4.69, 9.17) is 9.84 Å². The van der Waals surface area contributed by atoms with Crippen LogP contribution in [-0.4, -0.2) is 48.8 Å². The molecule has 4 heteroatoms. The zero-order chi connectivity index (χ0) is 11.4. The second-order valence-corrected chi connectivity index (χ2v) is 4.97. The van der Waals surface area contributed by atoms with Crippen LogP contribution in [0.2, 0.25) is 0 Å². The maximum atomic E-state index is 10.8. The molecule has 1 N–H and O–H groups in total. The Labute approximate surface area is 96.6 Å². The van der Waals surface area contributed by atoms with E-state index in [2.05, 4.69) is 4.90 Å². The molecule has 0 atom stereocenters. The van der Waals surface area contributed by atoms with Crippen LogP contribution in [-0.2, 0) is 9.53 Å². The van der Waals surface area contributed by atoms with Crippen LogP contribution in [0, 0.1) is 11.8 Å². The number of carboxylic acids is 1. The van der Waals surface area contributed by atoms with Gasteiger partial charge in [-0.15, -0.1) is 0 Å². The smallest absolute Gasteiger partial charge is 0.306 e. The molecule has 92 valence electrons. The third-order valence-corrected chi connectivity index (χ3v) is 3.79. The van der Waals surface area contributed by atoms with Gasteiger partial charge in [0.1, 0.15) is 0 Å². The highest BCUT2D eigenvalue weighted by Crippen LogP contribution is 2.21. The van der Waals surface area contributed by atoms with E-state index in [0.29, 0.717) is 0 Å². The number of aliphatic carboxylic acids is 1. The second kappa shape index (κ2) is 5.64. The molecular weight excluding hydrogens is 206 g/mol. The van der Waals surface area contributed by atoms with Gasteiger partial charge in [-0.2, -0.15) is 0 Å². The van der Waals surface area contributed by atoms with Crippen molar-refractivity contribution >= 4 is 5.97 Å². The molecule has 0 aromatic rings. The Bertz CT molecular complexity index is 230. The van der Waals surface area contributed by atoms with E-state index in [1.165, 1.54) is 12.8 Å². The first-order valence-corrected chi connectivity index (χ1v) is 6.28. The summed E-state index contributed by atoms with van der Waals surface area (Å²) in [6.45, 7) is 4.84. The van der Waals surface area contributed by atoms with Gasteiger partial charge in [0.2, 0.25) is 0 Å². The summed E-state index contributed by atoms with van der Waals surface area (Å²) in [6, 6.07) is 0. The van der Waals surface area contributed by atoms with E-state index < -0.39 is 5.97 Å². The topological polar surface area (TPSA) is 49.8 Å². The molecule has 0 aromatic carbocycles. The summed E-state index contributed by atoms with van der Waals surface area (Å²) in [5.41, 5.74) is 0. The van der Waals surface area contributed by atoms with Gasteiger partial charge in [-0.25, -0.2) is 0 Å². The number of ether oxygens (including phenoxy) is 1. The van der Waals surface area contributed by atoms with Crippen LogP contribution in [0.25, 0.3) is 0 Å². The Morgan fingerprint density at radius 3 is 2.38 bits per heavy atom. The summed E-state index contributed by atoms with van der Waals surface area (Å²) >= 11 is 0. The standard InChI is InChI=1S/C12H21NO3/c14-12(15)11-1-5-13(6-2-11)9-10-3-7-16-8-4-10/h10-11H,1-9H2,(H,14,15). The Hall–Kier alpha value is -0.610. The third-order valence-electron chi connectivity index (χ3n) is 3.79. The largest absolute Gasteiger partial charge is 0.481 e. The minimum atomic E-state index is -0.620. The van der Waals surface area contributed by atoms with Crippen LogP contribution < -0.4 is 0 Å². The molecule has 0 saturated carbocycles. The monoisotopic (exact) mass is 227 g/mol. The van der Waals surface area contributed by atoms with Gasteiger partial charge in [0.25, 0.3) is 0 Å². The maximum Gasteiger partial charge on any atom is 0.306 e. The first-order chi connectivity index (χ1) is 7.75. The van der Waals surface area contributed by atoms with Gasteiger partial charge in [0.15, 0.2) is 0 Å². The van der Waals surface area contributed by atoms with E-state index in [1.54, 1.807) is 0 Å². The highest BCUT2D eigenvalue weighted by atomic mass is 16.5. The molecule has 0 aliphatic carbocycles. The molecule has 0 amide bonds. The predicted molar refractivity (Wildman–Crippen MR) is 60.3 cm³/mol. The van der Waals surface area contributed by atoms with E-state index in [0.717, 1.165) is 51.6 Å². The third kappa shape index (κ3) is 3.19. The fourth-order valence-corrected chi connectivity index (χ4v) is 2.66. The molecule has 0 radical (unpaired) electrons. The van der Waals surface area contributed by atoms with Gasteiger partial charge in [0.05, 0.1) is 5.92 Å². The molecule has 4 nitrogen and oxygen atoms in total. The molecule has 0 bridgehead atoms. The molecule has 2 rings (SSSR count). The van der Waals surface area contributed by atoms with Crippen molar-refractivity contribution in [3.63, 3.8) is 0 Å². The molecule has 2 aliphatic rings. The first-order valence-electron chi connectivity index (χ1n) is 6.28. The highest BCUT2D eigenvalue weighted by molar-refractivity contribution is 5.70. The lowest BCUT2D eigenvalue weighted by molar-refractivity contribution is -0.143. The molecule has 2 saturated heterocycles. The number of nitrogens with zero attached hydrogens (tertiary/aromatic N) is 1. The summed E-state index contributed by atoms with van der Waals surface area (Å²) in [4.78, 5) is 13.2. The minimum Gasteiger partial charge on any atom is -0.481 e. The van der Waals surface area contributed by atoms with Crippen molar-refractivity contribution in [2.45, 2.75) is 25.7 Å². The predicted octanol–water partition coefficient (Wildman–Crippen LogP) is 1.21. The molecular formula is C12H21NO3. The van der Waals surface area contributed by atoms with Crippen molar-refractivity contribution in [3.8, 4) is 0 Å². The van der Waals surface area contributed by atoms with Gasteiger partial charge < -0.3 is 14.7 Å². The van der Waals surface area contributed by atoms with E-state index in [1.807, 2.05) is 0 Å². The maximum absolute atomic E-state index is 10.8. The number of rotatable bonds is 3. The van der Waals surface area contributed by atoms with Gasteiger partial charge in [-0.1, -0.05) is 0 Å². The average Bonchev–Trinajstić information content (AvgIpc) is 2.31. The number of likely N-dealkylation sites (tertiary alicyclic amines) is 1. The zero-order valence-electron chi connectivity index (χ0n) is 9.73. The summed E-state index contributed by atoms with van der Waals surface area (Å²) < 4.78 is 5.34. The van der Waals surface area contributed by atoms with Gasteiger partial charge in [-0.05, 0) is 44.7 Å². The first kappa shape index (κ1) is 11.9. The molecule has 2 heterocycles. The summed E-state index contributed by atoms with van der Waals surface area (Å²) in [6.07, 6.45) is 3.97. The van der Waals surface area contributed by atoms with Gasteiger partial charge in [0, 0.05) is 19.8 Å². The highest BCUT2D eigenvalue weighted by Gasteiger charge is 2.26. The lowest BCUT2D eigenvalue weighted by Crippen LogP contribution is -2.40. The zero-order valence-corrected chi connectivity index (χ0v) is 9.73. The van der Waals surface area contributed by atoms with Crippen molar-refractivity contribution < 1.29 is 14.6 Å². The van der Waals surface area contributed by atoms with Crippen LogP contribution in [0.1, 0.15) is 25.7 Å². The van der Waals surface area contributed by atoms with Crippen molar-refractivity contribution in [1.82, 2.24) is 4.90 Å². The van der Waals surface area contributed by atoms with Gasteiger partial charge in [-0.3, -0.25) is 4.79 Å². The quantitative estimate of drug-likeness (QED) is 0.787. The Morgan fingerprint density at radius 1 is 1.19 bits per heavy atom. The SMILES string of the molecule is O=C(O)C1CCN(CC2CCOCC2)CC1. The van der Waals surface area contributed by atoms with Crippen molar-refractivity contribution in [3.05, 3.63) is 0 Å².